The first kappa shape index (κ1) is 9.80. The summed E-state index contributed by atoms with van der Waals surface area (Å²) in [6.07, 6.45) is 1.29. The third kappa shape index (κ3) is 1.87. The van der Waals surface area contributed by atoms with E-state index in [0.29, 0.717) is 5.69 Å². The second kappa shape index (κ2) is 3.79. The van der Waals surface area contributed by atoms with E-state index >= 15 is 0 Å². The van der Waals surface area contributed by atoms with Gasteiger partial charge in [-0.05, 0) is 29.8 Å². The van der Waals surface area contributed by atoms with Crippen LogP contribution < -0.4 is 5.73 Å². The molecule has 2 aromatic rings. The van der Waals surface area contributed by atoms with Crippen molar-refractivity contribution in [3.05, 3.63) is 53.9 Å². The van der Waals surface area contributed by atoms with Gasteiger partial charge in [-0.1, -0.05) is 12.1 Å². The number of nitrogens with zero attached hydrogens (tertiary/aromatic N) is 1. The average Bonchev–Trinajstić information content (AvgIpc) is 2.63. The number of aryl methyl sites for hydroxylation is 1. The van der Waals surface area contributed by atoms with E-state index in [2.05, 4.69) is 0 Å². The summed E-state index contributed by atoms with van der Waals surface area (Å²) in [5.74, 6) is 0. The maximum atomic E-state index is 10.1. The molecule has 0 aliphatic carbocycles. The lowest BCUT2D eigenvalue weighted by Gasteiger charge is -2.12. The first-order chi connectivity index (χ1) is 7.18. The number of nitrogen functional groups attached to an aromatic ring is 1. The number of aliphatic hydroxyl groups excluding tert-OH is 1. The number of rotatable bonds is 2. The molecule has 1 atom stereocenters. The molecular weight excluding hydrogens is 188 g/mol. The van der Waals surface area contributed by atoms with E-state index in [9.17, 15) is 5.11 Å². The fourth-order valence-corrected chi connectivity index (χ4v) is 1.66. The van der Waals surface area contributed by atoms with E-state index in [4.69, 9.17) is 5.73 Å². The topological polar surface area (TPSA) is 51.2 Å². The van der Waals surface area contributed by atoms with Gasteiger partial charge >= 0.3 is 0 Å². The van der Waals surface area contributed by atoms with E-state index < -0.39 is 6.10 Å². The molecule has 3 nitrogen and oxygen atoms in total. The summed E-state index contributed by atoms with van der Waals surface area (Å²) in [6.45, 7) is 0. The van der Waals surface area contributed by atoms with E-state index in [1.807, 2.05) is 42.1 Å². The van der Waals surface area contributed by atoms with Gasteiger partial charge in [0.05, 0.1) is 5.69 Å². The molecular formula is C12H14N2O. The Morgan fingerprint density at radius 2 is 2.07 bits per heavy atom. The zero-order valence-corrected chi connectivity index (χ0v) is 8.59. The molecule has 0 amide bonds. The predicted octanol–water partition coefficient (Wildman–Crippen LogP) is 1.69. The first-order valence-electron chi connectivity index (χ1n) is 4.83. The van der Waals surface area contributed by atoms with E-state index in [1.54, 1.807) is 12.1 Å². The second-order valence-corrected chi connectivity index (χ2v) is 3.62. The molecule has 0 saturated heterocycles. The van der Waals surface area contributed by atoms with Crippen LogP contribution in [0.25, 0.3) is 0 Å². The van der Waals surface area contributed by atoms with Crippen molar-refractivity contribution >= 4 is 5.69 Å². The minimum atomic E-state index is -0.617. The largest absolute Gasteiger partial charge is 0.399 e. The first-order valence-corrected chi connectivity index (χ1v) is 4.83. The van der Waals surface area contributed by atoms with Crippen molar-refractivity contribution in [2.45, 2.75) is 6.10 Å². The smallest absolute Gasteiger partial charge is 0.119 e. The lowest BCUT2D eigenvalue weighted by Crippen LogP contribution is -2.05. The third-order valence-electron chi connectivity index (χ3n) is 2.49. The molecule has 1 aromatic heterocycles. The fraction of sp³-hybridized carbons (Fsp3) is 0.167. The molecule has 3 N–H and O–H groups in total. The van der Waals surface area contributed by atoms with E-state index in [-0.39, 0.29) is 0 Å². The van der Waals surface area contributed by atoms with Gasteiger partial charge in [0.1, 0.15) is 6.10 Å². The van der Waals surface area contributed by atoms with Crippen LogP contribution in [0, 0.1) is 0 Å². The molecule has 0 aliphatic rings. The van der Waals surface area contributed by atoms with Gasteiger partial charge in [0.25, 0.3) is 0 Å². The van der Waals surface area contributed by atoms with Crippen LogP contribution in [0.3, 0.4) is 0 Å². The number of aromatic nitrogens is 1. The van der Waals surface area contributed by atoms with Crippen LogP contribution in [-0.2, 0) is 7.05 Å². The highest BCUT2D eigenvalue weighted by Crippen LogP contribution is 2.22. The van der Waals surface area contributed by atoms with E-state index in [0.717, 1.165) is 11.3 Å². The molecule has 0 bridgehead atoms. The normalized spacial score (nSPS) is 12.7. The van der Waals surface area contributed by atoms with Crippen LogP contribution in [0.4, 0.5) is 5.69 Å². The Balaban J connectivity index is 2.36. The number of nitrogens with two attached hydrogens (primary N) is 1. The van der Waals surface area contributed by atoms with Crippen LogP contribution in [0.15, 0.2) is 42.6 Å². The molecule has 0 saturated carbocycles. The van der Waals surface area contributed by atoms with Crippen molar-refractivity contribution < 1.29 is 5.11 Å². The summed E-state index contributed by atoms with van der Waals surface area (Å²) in [6, 6.07) is 11.1. The van der Waals surface area contributed by atoms with Gasteiger partial charge in [-0.3, -0.25) is 0 Å². The Labute approximate surface area is 88.8 Å². The quantitative estimate of drug-likeness (QED) is 0.728. The average molecular weight is 202 g/mol. The summed E-state index contributed by atoms with van der Waals surface area (Å²) in [7, 11) is 1.91. The lowest BCUT2D eigenvalue weighted by molar-refractivity contribution is 0.211. The molecule has 1 heterocycles. The lowest BCUT2D eigenvalue weighted by atomic mass is 10.1. The molecule has 78 valence electrons. The number of hydrogen-bond acceptors (Lipinski definition) is 2. The van der Waals surface area contributed by atoms with Gasteiger partial charge in [0, 0.05) is 18.9 Å². The van der Waals surface area contributed by atoms with Crippen molar-refractivity contribution in [2.75, 3.05) is 5.73 Å². The molecule has 15 heavy (non-hydrogen) atoms. The highest BCUT2D eigenvalue weighted by Gasteiger charge is 2.12. The Morgan fingerprint density at radius 1 is 1.27 bits per heavy atom. The van der Waals surface area contributed by atoms with Crippen molar-refractivity contribution in [2.24, 2.45) is 7.05 Å². The van der Waals surface area contributed by atoms with Crippen LogP contribution in [0.2, 0.25) is 0 Å². The van der Waals surface area contributed by atoms with Gasteiger partial charge in [-0.25, -0.2) is 0 Å². The Kier molecular flexibility index (Phi) is 2.47. The highest BCUT2D eigenvalue weighted by atomic mass is 16.3. The van der Waals surface area contributed by atoms with E-state index in [1.165, 1.54) is 0 Å². The van der Waals surface area contributed by atoms with Crippen molar-refractivity contribution in [1.82, 2.24) is 4.57 Å². The standard InChI is InChI=1S/C12H14N2O/c1-14-7-3-6-11(14)12(15)9-4-2-5-10(13)8-9/h2-8,12,15H,13H2,1H3. The fourth-order valence-electron chi connectivity index (χ4n) is 1.66. The minimum absolute atomic E-state index is 0.617. The molecule has 3 heteroatoms. The summed E-state index contributed by atoms with van der Waals surface area (Å²) in [5.41, 5.74) is 8.02. The number of hydrogen-bond donors (Lipinski definition) is 2. The van der Waals surface area contributed by atoms with Gasteiger partial charge in [0.15, 0.2) is 0 Å². The van der Waals surface area contributed by atoms with Crippen LogP contribution in [0.1, 0.15) is 17.4 Å². The summed E-state index contributed by atoms with van der Waals surface area (Å²) in [5, 5.41) is 10.1. The minimum Gasteiger partial charge on any atom is -0.399 e. The highest BCUT2D eigenvalue weighted by molar-refractivity contribution is 5.42. The van der Waals surface area contributed by atoms with Gasteiger partial charge in [-0.15, -0.1) is 0 Å². The Hall–Kier alpha value is -1.74. The Bertz CT molecular complexity index is 462. The van der Waals surface area contributed by atoms with Crippen LogP contribution in [-0.4, -0.2) is 9.67 Å². The van der Waals surface area contributed by atoms with Crippen molar-refractivity contribution in [3.63, 3.8) is 0 Å². The monoisotopic (exact) mass is 202 g/mol. The van der Waals surface area contributed by atoms with Gasteiger partial charge in [-0.2, -0.15) is 0 Å². The molecule has 1 aromatic carbocycles. The SMILES string of the molecule is Cn1cccc1C(O)c1cccc(N)c1. The third-order valence-corrected chi connectivity index (χ3v) is 2.49. The molecule has 0 fully saturated rings. The molecule has 0 spiro atoms. The Morgan fingerprint density at radius 3 is 2.67 bits per heavy atom. The predicted molar refractivity (Wildman–Crippen MR) is 60.3 cm³/mol. The van der Waals surface area contributed by atoms with Crippen LogP contribution in [0.5, 0.6) is 0 Å². The van der Waals surface area contributed by atoms with Gasteiger partial charge in [0.2, 0.25) is 0 Å². The molecule has 0 aliphatic heterocycles. The van der Waals surface area contributed by atoms with Gasteiger partial charge < -0.3 is 15.4 Å². The number of benzene rings is 1. The second-order valence-electron chi connectivity index (χ2n) is 3.62. The number of anilines is 1. The molecule has 1 unspecified atom stereocenters. The van der Waals surface area contributed by atoms with Crippen molar-refractivity contribution in [1.29, 1.82) is 0 Å². The summed E-state index contributed by atoms with van der Waals surface area (Å²) < 4.78 is 1.90. The summed E-state index contributed by atoms with van der Waals surface area (Å²) in [4.78, 5) is 0. The zero-order valence-electron chi connectivity index (χ0n) is 8.59. The van der Waals surface area contributed by atoms with Crippen LogP contribution >= 0.6 is 0 Å². The molecule has 2 rings (SSSR count). The maximum Gasteiger partial charge on any atom is 0.119 e. The summed E-state index contributed by atoms with van der Waals surface area (Å²) >= 11 is 0. The maximum absolute atomic E-state index is 10.1. The van der Waals surface area contributed by atoms with Crippen molar-refractivity contribution in [3.8, 4) is 0 Å². The number of aliphatic hydroxyl groups is 1. The zero-order chi connectivity index (χ0) is 10.8. The molecule has 0 radical (unpaired) electrons.